The van der Waals surface area contributed by atoms with E-state index >= 15 is 0 Å². The molecule has 2 N–H and O–H groups in total. The van der Waals surface area contributed by atoms with Crippen LogP contribution in [0.15, 0.2) is 67.0 Å². The molecule has 0 bridgehead atoms. The Morgan fingerprint density at radius 2 is 1.54 bits per heavy atom. The second-order valence-electron chi connectivity index (χ2n) is 15.9. The molecule has 2 atom stereocenters. The van der Waals surface area contributed by atoms with Gasteiger partial charge in [-0.25, -0.2) is 9.97 Å². The summed E-state index contributed by atoms with van der Waals surface area (Å²) in [5.74, 6) is 1.82. The maximum Gasteiger partial charge on any atom is 0.310 e. The molecule has 3 aliphatic carbocycles. The number of nitrogens with zero attached hydrogens (tertiary/aromatic N) is 3. The lowest BCUT2D eigenvalue weighted by Crippen LogP contribution is -2.59. The first-order valence-electron chi connectivity index (χ1n) is 19.9. The van der Waals surface area contributed by atoms with Crippen molar-refractivity contribution in [1.82, 2.24) is 20.2 Å². The van der Waals surface area contributed by atoms with Crippen molar-refractivity contribution in [2.45, 2.75) is 109 Å². The highest BCUT2D eigenvalue weighted by Gasteiger charge is 2.39. The summed E-state index contributed by atoms with van der Waals surface area (Å²) >= 11 is 0. The Labute approximate surface area is 308 Å². The topological polar surface area (TPSA) is 112 Å². The normalized spacial score (nSPS) is 23.1. The number of rotatable bonds is 12. The third-order valence-corrected chi connectivity index (χ3v) is 12.2. The van der Waals surface area contributed by atoms with Crippen molar-refractivity contribution < 1.29 is 19.5 Å². The first kappa shape index (κ1) is 36.0. The van der Waals surface area contributed by atoms with E-state index in [0.29, 0.717) is 17.3 Å². The van der Waals surface area contributed by atoms with Crippen molar-refractivity contribution in [3.05, 3.63) is 89.3 Å². The summed E-state index contributed by atoms with van der Waals surface area (Å²) in [4.78, 5) is 49.2. The SMILES string of the molecule is CCCC1CCCC(C2CC=C(c3cnc(-c4ccc(CC(NC(=O)c5ccc(C6CC6)cc5)C(=O)N5CC(C(=O)O)C5)cc4)nc3)CC2)CCC1. The summed E-state index contributed by atoms with van der Waals surface area (Å²) in [5.41, 5.74) is 5.97. The Balaban J connectivity index is 0.960. The molecule has 1 aromatic heterocycles. The summed E-state index contributed by atoms with van der Waals surface area (Å²) in [6, 6.07) is 14.6. The van der Waals surface area contributed by atoms with Crippen LogP contribution in [0.2, 0.25) is 0 Å². The Kier molecular flexibility index (Phi) is 11.5. The molecular formula is C44H54N4O4. The lowest BCUT2D eigenvalue weighted by Gasteiger charge is -2.39. The smallest absolute Gasteiger partial charge is 0.310 e. The maximum atomic E-state index is 13.5. The van der Waals surface area contributed by atoms with Crippen molar-refractivity contribution in [2.75, 3.05) is 13.1 Å². The first-order chi connectivity index (χ1) is 25.3. The molecule has 7 rings (SSSR count). The molecule has 52 heavy (non-hydrogen) atoms. The van der Waals surface area contributed by atoms with Crippen LogP contribution < -0.4 is 5.32 Å². The van der Waals surface area contributed by atoms with Gasteiger partial charge in [-0.2, -0.15) is 0 Å². The molecule has 274 valence electrons. The molecule has 2 saturated carbocycles. The van der Waals surface area contributed by atoms with E-state index in [0.717, 1.165) is 47.3 Å². The number of likely N-dealkylation sites (tertiary alicyclic amines) is 1. The van der Waals surface area contributed by atoms with Crippen molar-refractivity contribution in [3.63, 3.8) is 0 Å². The zero-order valence-electron chi connectivity index (χ0n) is 30.6. The number of hydrogen-bond acceptors (Lipinski definition) is 5. The lowest BCUT2D eigenvalue weighted by molar-refractivity contribution is -0.153. The zero-order valence-corrected chi connectivity index (χ0v) is 30.6. The number of aromatic nitrogens is 2. The summed E-state index contributed by atoms with van der Waals surface area (Å²) in [6.07, 6.45) is 23.7. The minimum absolute atomic E-state index is 0.153. The molecular weight excluding hydrogens is 649 g/mol. The number of allylic oxidation sites excluding steroid dienone is 2. The van der Waals surface area contributed by atoms with Gasteiger partial charge in [0.1, 0.15) is 6.04 Å². The fourth-order valence-electron chi connectivity index (χ4n) is 8.81. The summed E-state index contributed by atoms with van der Waals surface area (Å²) in [6.45, 7) is 2.63. The average molecular weight is 703 g/mol. The summed E-state index contributed by atoms with van der Waals surface area (Å²) in [5, 5.41) is 12.3. The Morgan fingerprint density at radius 3 is 2.13 bits per heavy atom. The highest BCUT2D eigenvalue weighted by molar-refractivity contribution is 5.98. The van der Waals surface area contributed by atoms with Crippen molar-refractivity contribution >= 4 is 23.4 Å². The van der Waals surface area contributed by atoms with Crippen molar-refractivity contribution in [3.8, 4) is 11.4 Å². The van der Waals surface area contributed by atoms with Gasteiger partial charge in [-0.05, 0) is 84.6 Å². The minimum Gasteiger partial charge on any atom is -0.481 e. The van der Waals surface area contributed by atoms with Crippen LogP contribution in [0, 0.1) is 23.7 Å². The van der Waals surface area contributed by atoms with Crippen LogP contribution in [0.3, 0.4) is 0 Å². The number of benzene rings is 2. The monoisotopic (exact) mass is 702 g/mol. The Bertz CT molecular complexity index is 1720. The van der Waals surface area contributed by atoms with Crippen LogP contribution in [-0.2, 0) is 16.0 Å². The van der Waals surface area contributed by atoms with Crippen LogP contribution in [0.5, 0.6) is 0 Å². The van der Waals surface area contributed by atoms with Gasteiger partial charge < -0.3 is 15.3 Å². The van der Waals surface area contributed by atoms with Gasteiger partial charge in [-0.1, -0.05) is 101 Å². The fraction of sp³-hybridized carbons (Fsp3) is 0.523. The van der Waals surface area contributed by atoms with Gasteiger partial charge in [0.2, 0.25) is 5.91 Å². The number of carbonyl (C=O) groups excluding carboxylic acids is 2. The summed E-state index contributed by atoms with van der Waals surface area (Å²) in [7, 11) is 0. The van der Waals surface area contributed by atoms with Gasteiger partial charge in [-0.3, -0.25) is 14.4 Å². The second-order valence-corrected chi connectivity index (χ2v) is 15.9. The van der Waals surface area contributed by atoms with Crippen LogP contribution in [-0.4, -0.2) is 56.9 Å². The van der Waals surface area contributed by atoms with Gasteiger partial charge in [0.25, 0.3) is 5.91 Å². The molecule has 4 aliphatic rings. The molecule has 2 unspecified atom stereocenters. The second kappa shape index (κ2) is 16.6. The van der Waals surface area contributed by atoms with Crippen LogP contribution in [0.4, 0.5) is 0 Å². The molecule has 3 fully saturated rings. The number of hydrogen-bond donors (Lipinski definition) is 2. The molecule has 1 saturated heterocycles. The molecule has 0 spiro atoms. The van der Waals surface area contributed by atoms with Gasteiger partial charge in [-0.15, -0.1) is 0 Å². The predicted molar refractivity (Wildman–Crippen MR) is 203 cm³/mol. The lowest BCUT2D eigenvalue weighted by atomic mass is 9.73. The van der Waals surface area contributed by atoms with E-state index < -0.39 is 17.9 Å². The van der Waals surface area contributed by atoms with E-state index in [4.69, 9.17) is 9.97 Å². The maximum absolute atomic E-state index is 13.5. The van der Waals surface area contributed by atoms with Gasteiger partial charge in [0.05, 0.1) is 5.92 Å². The van der Waals surface area contributed by atoms with E-state index in [1.54, 1.807) is 0 Å². The van der Waals surface area contributed by atoms with Crippen LogP contribution in [0.25, 0.3) is 17.0 Å². The average Bonchev–Trinajstić information content (AvgIpc) is 3.98. The number of carboxylic acid groups (broad SMARTS) is 1. The highest BCUT2D eigenvalue weighted by atomic mass is 16.4. The summed E-state index contributed by atoms with van der Waals surface area (Å²) < 4.78 is 0. The van der Waals surface area contributed by atoms with Crippen molar-refractivity contribution in [1.29, 1.82) is 0 Å². The molecule has 8 nitrogen and oxygen atoms in total. The largest absolute Gasteiger partial charge is 0.481 e. The number of carbonyl (C=O) groups is 3. The minimum atomic E-state index is -0.906. The molecule has 8 heteroatoms. The number of carboxylic acids is 1. The molecule has 3 aromatic rings. The molecule has 1 aliphatic heterocycles. The van der Waals surface area contributed by atoms with Crippen LogP contribution in [0.1, 0.15) is 123 Å². The molecule has 0 radical (unpaired) electrons. The van der Waals surface area contributed by atoms with Gasteiger partial charge >= 0.3 is 5.97 Å². The number of aliphatic carboxylic acids is 1. The first-order valence-corrected chi connectivity index (χ1v) is 19.9. The van der Waals surface area contributed by atoms with E-state index in [-0.39, 0.29) is 31.3 Å². The molecule has 2 heterocycles. The Hall–Kier alpha value is -4.33. The number of amides is 2. The van der Waals surface area contributed by atoms with Crippen LogP contribution >= 0.6 is 0 Å². The number of nitrogens with one attached hydrogen (secondary N) is 1. The third-order valence-electron chi connectivity index (χ3n) is 12.2. The van der Waals surface area contributed by atoms with E-state index in [9.17, 15) is 19.5 Å². The van der Waals surface area contributed by atoms with Gasteiger partial charge in [0, 0.05) is 48.6 Å². The molecule has 2 aromatic carbocycles. The predicted octanol–water partition coefficient (Wildman–Crippen LogP) is 8.48. The van der Waals surface area contributed by atoms with Crippen molar-refractivity contribution in [2.24, 2.45) is 23.7 Å². The molecule has 2 amide bonds. The standard InChI is InChI=1S/C44H54N4O4/c1-2-5-29-6-3-8-31(9-4-7-29)32-16-18-35(19-17-32)38-25-45-41(46-26-38)36-12-10-30(11-13-36)24-40(43(50)48-27-39(28-48)44(51)52)47-42(49)37-22-20-34(21-23-37)33-14-15-33/h10-13,18,20-23,25-26,29,31-33,39-40H,2-9,14-17,19,24,27-28H2,1H3,(H,47,49)(H,51,52). The fourth-order valence-corrected chi connectivity index (χ4v) is 8.81. The zero-order chi connectivity index (χ0) is 36.0. The van der Waals surface area contributed by atoms with E-state index in [2.05, 4.69) is 18.3 Å². The van der Waals surface area contributed by atoms with E-state index in [1.807, 2.05) is 60.9 Å². The highest BCUT2D eigenvalue weighted by Crippen LogP contribution is 2.41. The van der Waals surface area contributed by atoms with E-state index in [1.165, 1.54) is 86.7 Å². The third kappa shape index (κ3) is 8.82. The van der Waals surface area contributed by atoms with Gasteiger partial charge in [0.15, 0.2) is 5.82 Å². The quantitative estimate of drug-likeness (QED) is 0.196. The Morgan fingerprint density at radius 1 is 0.846 bits per heavy atom.